The number of carbonyl (C=O) groups excluding carboxylic acids is 1. The fourth-order valence-electron chi connectivity index (χ4n) is 5.47. The Balaban J connectivity index is 1.00. The molecule has 2 N–H and O–H groups in total. The van der Waals surface area contributed by atoms with Crippen LogP contribution in [0, 0.1) is 11.6 Å². The summed E-state index contributed by atoms with van der Waals surface area (Å²) in [6.07, 6.45) is 5.79. The lowest BCUT2D eigenvalue weighted by Crippen LogP contribution is -2.54. The highest BCUT2D eigenvalue weighted by Crippen LogP contribution is 2.34. The first kappa shape index (κ1) is 22.8. The lowest BCUT2D eigenvalue weighted by molar-refractivity contribution is -0.131. The maximum Gasteiger partial charge on any atom is 0.223 e. The standard InChI is InChI=1S/C26H29F2N7O/c27-19-3-1-18(2-4-19)22-17-23-26-30-29-24(34(26)15-16-35(23)31-22)9-10-25(36)33-13-11-32(12-14-33)21-7-5-20(28)6-8-21/h1-8,15-16,22-23,26,30-31H,9-14,17H2. The molecule has 0 bridgehead atoms. The summed E-state index contributed by atoms with van der Waals surface area (Å²) in [5.74, 6) is 0.508. The van der Waals surface area contributed by atoms with E-state index in [0.717, 1.165) is 36.6 Å². The summed E-state index contributed by atoms with van der Waals surface area (Å²) < 4.78 is 26.5. The van der Waals surface area contributed by atoms with Gasteiger partial charge in [0.2, 0.25) is 5.91 Å². The third kappa shape index (κ3) is 4.37. The van der Waals surface area contributed by atoms with Crippen molar-refractivity contribution < 1.29 is 13.6 Å². The van der Waals surface area contributed by atoms with E-state index >= 15 is 0 Å². The molecule has 0 saturated carbocycles. The van der Waals surface area contributed by atoms with Gasteiger partial charge >= 0.3 is 0 Å². The monoisotopic (exact) mass is 493 g/mol. The van der Waals surface area contributed by atoms with Crippen molar-refractivity contribution in [1.29, 1.82) is 0 Å². The van der Waals surface area contributed by atoms with Crippen molar-refractivity contribution in [3.63, 3.8) is 0 Å². The lowest BCUT2D eigenvalue weighted by atomic mass is 9.99. The predicted octanol–water partition coefficient (Wildman–Crippen LogP) is 2.74. The number of carbonyl (C=O) groups is 1. The molecule has 188 valence electrons. The molecule has 6 rings (SSSR count). The van der Waals surface area contributed by atoms with Crippen LogP contribution >= 0.6 is 0 Å². The Morgan fingerprint density at radius 2 is 1.64 bits per heavy atom. The predicted molar refractivity (Wildman–Crippen MR) is 132 cm³/mol. The van der Waals surface area contributed by atoms with Crippen LogP contribution < -0.4 is 15.8 Å². The molecule has 4 heterocycles. The van der Waals surface area contributed by atoms with Crippen molar-refractivity contribution in [3.8, 4) is 0 Å². The second-order valence-corrected chi connectivity index (χ2v) is 9.60. The molecule has 2 fully saturated rings. The summed E-state index contributed by atoms with van der Waals surface area (Å²) in [5, 5.41) is 6.64. The number of hydrazone groups is 1. The minimum absolute atomic E-state index is 0.0164. The number of hydrazine groups is 1. The van der Waals surface area contributed by atoms with Crippen LogP contribution in [0.25, 0.3) is 0 Å². The topological polar surface area (TPSA) is 66.5 Å². The minimum atomic E-state index is -0.243. The van der Waals surface area contributed by atoms with Gasteiger partial charge in [-0.25, -0.2) is 14.2 Å². The van der Waals surface area contributed by atoms with E-state index in [4.69, 9.17) is 0 Å². The minimum Gasteiger partial charge on any atom is -0.368 e. The van der Waals surface area contributed by atoms with Crippen molar-refractivity contribution in [1.82, 2.24) is 25.7 Å². The molecule has 2 saturated heterocycles. The number of anilines is 1. The summed E-state index contributed by atoms with van der Waals surface area (Å²) in [6, 6.07) is 13.4. The van der Waals surface area contributed by atoms with Crippen molar-refractivity contribution >= 4 is 17.4 Å². The first-order valence-corrected chi connectivity index (χ1v) is 12.4. The maximum atomic E-state index is 13.3. The van der Waals surface area contributed by atoms with Crippen LogP contribution in [0.3, 0.4) is 0 Å². The zero-order valence-electron chi connectivity index (χ0n) is 19.9. The SMILES string of the molecule is O=C(CCC1=NNC2C3CC(c4ccc(F)cc4)NN3C=CN12)N1CCN(c2ccc(F)cc2)CC1. The number of rotatable bonds is 5. The van der Waals surface area contributed by atoms with E-state index in [1.54, 1.807) is 12.1 Å². The largest absolute Gasteiger partial charge is 0.368 e. The quantitative estimate of drug-likeness (QED) is 0.668. The number of fused-ring (bicyclic) bond motifs is 3. The number of nitrogens with one attached hydrogen (secondary N) is 2. The summed E-state index contributed by atoms with van der Waals surface area (Å²) in [7, 11) is 0. The van der Waals surface area contributed by atoms with Crippen LogP contribution in [-0.4, -0.2) is 64.9 Å². The molecule has 36 heavy (non-hydrogen) atoms. The fourth-order valence-corrected chi connectivity index (χ4v) is 5.47. The smallest absolute Gasteiger partial charge is 0.223 e. The van der Waals surface area contributed by atoms with Crippen molar-refractivity contribution in [2.24, 2.45) is 5.10 Å². The Labute approximate surface area is 208 Å². The van der Waals surface area contributed by atoms with Gasteiger partial charge in [0.15, 0.2) is 0 Å². The summed E-state index contributed by atoms with van der Waals surface area (Å²) in [6.45, 7) is 2.77. The molecule has 0 spiro atoms. The Morgan fingerprint density at radius 1 is 0.944 bits per heavy atom. The van der Waals surface area contributed by atoms with Crippen molar-refractivity contribution in [3.05, 3.63) is 78.1 Å². The number of amides is 1. The van der Waals surface area contributed by atoms with Gasteiger partial charge < -0.3 is 19.7 Å². The Morgan fingerprint density at radius 3 is 2.36 bits per heavy atom. The molecule has 0 aromatic heterocycles. The number of amidine groups is 1. The van der Waals surface area contributed by atoms with Gasteiger partial charge in [0.05, 0.1) is 12.1 Å². The van der Waals surface area contributed by atoms with Gasteiger partial charge in [0, 0.05) is 57.1 Å². The summed E-state index contributed by atoms with van der Waals surface area (Å²) >= 11 is 0. The van der Waals surface area contributed by atoms with E-state index in [2.05, 4.69) is 30.8 Å². The number of halogens is 2. The first-order chi connectivity index (χ1) is 17.5. The molecule has 4 aliphatic heterocycles. The average molecular weight is 494 g/mol. The molecule has 3 unspecified atom stereocenters. The second-order valence-electron chi connectivity index (χ2n) is 9.60. The maximum absolute atomic E-state index is 13.3. The van der Waals surface area contributed by atoms with E-state index in [1.807, 2.05) is 29.4 Å². The highest BCUT2D eigenvalue weighted by molar-refractivity contribution is 5.89. The molecule has 2 aromatic rings. The molecular formula is C26H29F2N7O. The third-order valence-electron chi connectivity index (χ3n) is 7.47. The highest BCUT2D eigenvalue weighted by Gasteiger charge is 2.44. The van der Waals surface area contributed by atoms with Crippen LogP contribution in [0.2, 0.25) is 0 Å². The summed E-state index contributed by atoms with van der Waals surface area (Å²) in [5.41, 5.74) is 8.78. The molecule has 2 aromatic carbocycles. The van der Waals surface area contributed by atoms with Crippen LogP contribution in [0.1, 0.15) is 30.9 Å². The van der Waals surface area contributed by atoms with Crippen LogP contribution in [0.4, 0.5) is 14.5 Å². The van der Waals surface area contributed by atoms with Gasteiger partial charge in [-0.15, -0.1) is 0 Å². The lowest BCUT2D eigenvalue weighted by Gasteiger charge is -2.37. The fraction of sp³-hybridized carbons (Fsp3) is 0.385. The van der Waals surface area contributed by atoms with Gasteiger partial charge in [-0.1, -0.05) is 12.1 Å². The first-order valence-electron chi connectivity index (χ1n) is 12.4. The van der Waals surface area contributed by atoms with Crippen molar-refractivity contribution in [2.75, 3.05) is 31.1 Å². The van der Waals surface area contributed by atoms with E-state index in [0.29, 0.717) is 25.9 Å². The zero-order chi connectivity index (χ0) is 24.6. The summed E-state index contributed by atoms with van der Waals surface area (Å²) in [4.78, 5) is 19.1. The Hall–Kier alpha value is -3.66. The molecular weight excluding hydrogens is 464 g/mol. The number of hydrogen-bond donors (Lipinski definition) is 2. The van der Waals surface area contributed by atoms with Gasteiger partial charge in [0.25, 0.3) is 0 Å². The number of nitrogens with zero attached hydrogens (tertiary/aromatic N) is 5. The Bertz CT molecular complexity index is 1160. The normalized spacial score (nSPS) is 24.9. The van der Waals surface area contributed by atoms with Gasteiger partial charge in [-0.2, -0.15) is 5.10 Å². The van der Waals surface area contributed by atoms with E-state index in [9.17, 15) is 13.6 Å². The van der Waals surface area contributed by atoms with E-state index < -0.39 is 0 Å². The third-order valence-corrected chi connectivity index (χ3v) is 7.47. The molecule has 4 aliphatic rings. The number of piperazine rings is 1. The van der Waals surface area contributed by atoms with Crippen LogP contribution in [-0.2, 0) is 4.79 Å². The molecule has 8 nitrogen and oxygen atoms in total. The molecule has 10 heteroatoms. The number of benzene rings is 2. The molecule has 0 aliphatic carbocycles. The van der Waals surface area contributed by atoms with Crippen molar-refractivity contribution in [2.45, 2.75) is 37.5 Å². The molecule has 0 radical (unpaired) electrons. The van der Waals surface area contributed by atoms with Gasteiger partial charge in [0.1, 0.15) is 23.6 Å². The van der Waals surface area contributed by atoms with Crippen LogP contribution in [0.5, 0.6) is 0 Å². The number of hydrogen-bond acceptors (Lipinski definition) is 7. The van der Waals surface area contributed by atoms with Crippen LogP contribution in [0.15, 0.2) is 66.0 Å². The molecule has 3 atom stereocenters. The second kappa shape index (κ2) is 9.42. The van der Waals surface area contributed by atoms with E-state index in [-0.39, 0.29) is 35.8 Å². The Kier molecular flexibility index (Phi) is 5.96. The zero-order valence-corrected chi connectivity index (χ0v) is 19.9. The van der Waals surface area contributed by atoms with E-state index in [1.165, 1.54) is 24.3 Å². The molecule has 1 amide bonds. The average Bonchev–Trinajstić information content (AvgIpc) is 3.52. The van der Waals surface area contributed by atoms with Gasteiger partial charge in [-0.05, 0) is 48.4 Å². The highest BCUT2D eigenvalue weighted by atomic mass is 19.1. The van der Waals surface area contributed by atoms with Gasteiger partial charge in [-0.3, -0.25) is 10.2 Å².